The third-order valence-corrected chi connectivity index (χ3v) is 5.63. The van der Waals surface area contributed by atoms with Crippen molar-refractivity contribution in [2.75, 3.05) is 0 Å². The highest BCUT2D eigenvalue weighted by Crippen LogP contribution is 2.45. The van der Waals surface area contributed by atoms with Crippen molar-refractivity contribution in [3.63, 3.8) is 0 Å². The van der Waals surface area contributed by atoms with Gasteiger partial charge in [-0.1, -0.05) is 17.7 Å². The molecule has 144 valence electrons. The Labute approximate surface area is 151 Å². The molecule has 0 saturated heterocycles. The fourth-order valence-corrected chi connectivity index (χ4v) is 3.69. The molecule has 0 aliphatic rings. The standard InChI is InChI=1S/C17H11F6NO2S/c1-10-3-6-12(7-4-10)27(25,26)15(24-2)11-5-8-14(18)13(9-11)16(19,20)17(21,22)23/h3-9,15H,1H3. The van der Waals surface area contributed by atoms with E-state index in [0.717, 1.165) is 0 Å². The second-order valence-electron chi connectivity index (χ2n) is 5.65. The number of halogens is 6. The summed E-state index contributed by atoms with van der Waals surface area (Å²) >= 11 is 0. The zero-order valence-corrected chi connectivity index (χ0v) is 14.4. The number of sulfone groups is 1. The Morgan fingerprint density at radius 3 is 2.04 bits per heavy atom. The highest BCUT2D eigenvalue weighted by atomic mass is 32.2. The van der Waals surface area contributed by atoms with Crippen LogP contribution in [-0.4, -0.2) is 14.6 Å². The summed E-state index contributed by atoms with van der Waals surface area (Å²) in [6, 6.07) is 6.27. The predicted octanol–water partition coefficient (Wildman–Crippen LogP) is 5.18. The van der Waals surface area contributed by atoms with E-state index in [4.69, 9.17) is 6.57 Å². The van der Waals surface area contributed by atoms with Gasteiger partial charge in [-0.15, -0.1) is 0 Å². The monoisotopic (exact) mass is 407 g/mol. The highest BCUT2D eigenvalue weighted by molar-refractivity contribution is 7.91. The van der Waals surface area contributed by atoms with Gasteiger partial charge in [-0.2, -0.15) is 22.0 Å². The normalized spacial score (nSPS) is 13.9. The van der Waals surface area contributed by atoms with Crippen molar-refractivity contribution in [1.29, 1.82) is 0 Å². The summed E-state index contributed by atoms with van der Waals surface area (Å²) in [4.78, 5) is 2.54. The van der Waals surface area contributed by atoms with Crippen molar-refractivity contribution in [3.8, 4) is 0 Å². The molecule has 1 unspecified atom stereocenters. The first-order valence-electron chi connectivity index (χ1n) is 7.24. The SMILES string of the molecule is [C-]#[N+]C(c1ccc(F)c(C(F)(F)C(F)(F)F)c1)S(=O)(=O)c1ccc(C)cc1. The third-order valence-electron chi connectivity index (χ3n) is 3.73. The molecule has 0 aromatic heterocycles. The minimum atomic E-state index is -6.09. The molecule has 2 rings (SSSR count). The molecule has 0 aliphatic carbocycles. The van der Waals surface area contributed by atoms with Crippen LogP contribution in [0.3, 0.4) is 0 Å². The zero-order valence-electron chi connectivity index (χ0n) is 13.6. The number of nitrogens with zero attached hydrogens (tertiary/aromatic N) is 1. The molecule has 2 aromatic rings. The smallest absolute Gasteiger partial charge is 0.291 e. The molecule has 0 N–H and O–H groups in total. The lowest BCUT2D eigenvalue weighted by atomic mass is 10.0. The second-order valence-corrected chi connectivity index (χ2v) is 7.66. The van der Waals surface area contributed by atoms with Crippen molar-refractivity contribution in [2.45, 2.75) is 29.3 Å². The number of aryl methyl sites for hydroxylation is 1. The van der Waals surface area contributed by atoms with Crippen molar-refractivity contribution in [3.05, 3.63) is 76.4 Å². The zero-order chi connectivity index (χ0) is 20.6. The van der Waals surface area contributed by atoms with Gasteiger partial charge < -0.3 is 0 Å². The Morgan fingerprint density at radius 2 is 1.56 bits per heavy atom. The lowest BCUT2D eigenvalue weighted by Crippen LogP contribution is -2.34. The van der Waals surface area contributed by atoms with Gasteiger partial charge in [0.1, 0.15) is 5.82 Å². The lowest BCUT2D eigenvalue weighted by Gasteiger charge is -2.21. The summed E-state index contributed by atoms with van der Waals surface area (Å²) in [5, 5.41) is -2.11. The van der Waals surface area contributed by atoms with Crippen LogP contribution in [0.5, 0.6) is 0 Å². The first-order chi connectivity index (χ1) is 12.3. The van der Waals surface area contributed by atoms with Crippen LogP contribution < -0.4 is 0 Å². The third kappa shape index (κ3) is 3.78. The molecule has 3 nitrogen and oxygen atoms in total. The second kappa shape index (κ2) is 6.88. The highest BCUT2D eigenvalue weighted by Gasteiger charge is 2.60. The molecule has 0 fully saturated rings. The van der Waals surface area contributed by atoms with Gasteiger partial charge in [0, 0.05) is 0 Å². The van der Waals surface area contributed by atoms with E-state index in [-0.39, 0.29) is 17.0 Å². The molecule has 0 amide bonds. The topological polar surface area (TPSA) is 38.5 Å². The van der Waals surface area contributed by atoms with E-state index in [1.807, 2.05) is 0 Å². The van der Waals surface area contributed by atoms with E-state index in [2.05, 4.69) is 4.85 Å². The average Bonchev–Trinajstić information content (AvgIpc) is 2.56. The van der Waals surface area contributed by atoms with Gasteiger partial charge in [-0.25, -0.2) is 19.4 Å². The number of hydrogen-bond acceptors (Lipinski definition) is 2. The van der Waals surface area contributed by atoms with E-state index in [0.29, 0.717) is 11.6 Å². The summed E-state index contributed by atoms with van der Waals surface area (Å²) < 4.78 is 104. The van der Waals surface area contributed by atoms with Crippen molar-refractivity contribution >= 4 is 9.84 Å². The predicted molar refractivity (Wildman–Crippen MR) is 84.1 cm³/mol. The molecule has 0 bridgehead atoms. The molecular formula is C17H11F6NO2S. The maximum atomic E-state index is 13.6. The molecule has 0 radical (unpaired) electrons. The molecule has 27 heavy (non-hydrogen) atoms. The Balaban J connectivity index is 2.61. The van der Waals surface area contributed by atoms with Gasteiger partial charge >= 0.3 is 17.5 Å². The molecule has 10 heteroatoms. The van der Waals surface area contributed by atoms with E-state index in [1.54, 1.807) is 6.92 Å². The van der Waals surface area contributed by atoms with Crippen LogP contribution >= 0.6 is 0 Å². The fourth-order valence-electron chi connectivity index (χ4n) is 2.27. The number of hydrogen-bond donors (Lipinski definition) is 0. The van der Waals surface area contributed by atoms with E-state index >= 15 is 0 Å². The van der Waals surface area contributed by atoms with E-state index in [9.17, 15) is 34.8 Å². The Hall–Kier alpha value is -2.54. The van der Waals surface area contributed by atoms with Crippen LogP contribution in [0.2, 0.25) is 0 Å². The quantitative estimate of drug-likeness (QED) is 0.518. The van der Waals surface area contributed by atoms with Crippen LogP contribution in [-0.2, 0) is 15.8 Å². The average molecular weight is 407 g/mol. The molecular weight excluding hydrogens is 396 g/mol. The van der Waals surface area contributed by atoms with Gasteiger partial charge in [0.2, 0.25) is 0 Å². The first-order valence-corrected chi connectivity index (χ1v) is 8.78. The first kappa shape index (κ1) is 20.8. The van der Waals surface area contributed by atoms with Crippen LogP contribution in [0.25, 0.3) is 4.85 Å². The molecule has 1 atom stereocenters. The van der Waals surface area contributed by atoms with E-state index < -0.39 is 44.3 Å². The van der Waals surface area contributed by atoms with Crippen LogP contribution in [0.15, 0.2) is 47.4 Å². The maximum Gasteiger partial charge on any atom is 0.458 e. The summed E-state index contributed by atoms with van der Waals surface area (Å²) in [6.07, 6.45) is -6.09. The molecule has 0 spiro atoms. The molecule has 0 heterocycles. The van der Waals surface area contributed by atoms with Crippen molar-refractivity contribution < 1.29 is 34.8 Å². The van der Waals surface area contributed by atoms with Crippen LogP contribution in [0, 0.1) is 19.3 Å². The van der Waals surface area contributed by atoms with Gasteiger partial charge in [-0.05, 0) is 37.3 Å². The Bertz CT molecular complexity index is 992. The number of alkyl halides is 5. The number of rotatable bonds is 4. The van der Waals surface area contributed by atoms with Crippen molar-refractivity contribution in [1.82, 2.24) is 0 Å². The Kier molecular flexibility index (Phi) is 5.30. The molecule has 0 aliphatic heterocycles. The van der Waals surface area contributed by atoms with Gasteiger partial charge in [0.05, 0.1) is 16.0 Å². The van der Waals surface area contributed by atoms with Crippen LogP contribution in [0.4, 0.5) is 26.3 Å². The molecule has 0 saturated carbocycles. The lowest BCUT2D eigenvalue weighted by molar-refractivity contribution is -0.290. The number of benzene rings is 2. The van der Waals surface area contributed by atoms with Gasteiger partial charge in [-0.3, -0.25) is 4.85 Å². The minimum absolute atomic E-state index is 0.0667. The van der Waals surface area contributed by atoms with Gasteiger partial charge in [0.15, 0.2) is 0 Å². The van der Waals surface area contributed by atoms with Gasteiger partial charge in [0.25, 0.3) is 9.84 Å². The molecule has 2 aromatic carbocycles. The summed E-state index contributed by atoms with van der Waals surface area (Å²) in [5.41, 5.74) is -2.02. The summed E-state index contributed by atoms with van der Waals surface area (Å²) in [5.74, 6) is -7.41. The Morgan fingerprint density at radius 1 is 1.00 bits per heavy atom. The summed E-state index contributed by atoms with van der Waals surface area (Å²) in [7, 11) is -4.43. The largest absolute Gasteiger partial charge is 0.458 e. The maximum absolute atomic E-state index is 13.6. The van der Waals surface area contributed by atoms with Crippen LogP contribution in [0.1, 0.15) is 22.1 Å². The fraction of sp³-hybridized carbons (Fsp3) is 0.235. The summed E-state index contributed by atoms with van der Waals surface area (Å²) in [6.45, 7) is 8.76. The van der Waals surface area contributed by atoms with Crippen molar-refractivity contribution in [2.24, 2.45) is 0 Å². The van der Waals surface area contributed by atoms with E-state index in [1.165, 1.54) is 24.3 Å². The minimum Gasteiger partial charge on any atom is -0.291 e.